The molecule has 80 valence electrons. The van der Waals surface area contributed by atoms with E-state index in [0.717, 1.165) is 0 Å². The smallest absolute Gasteiger partial charge is 0.221 e. The maximum absolute atomic E-state index is 10.9. The highest BCUT2D eigenvalue weighted by molar-refractivity contribution is 5.90. The van der Waals surface area contributed by atoms with Gasteiger partial charge in [0, 0.05) is 13.0 Å². The summed E-state index contributed by atoms with van der Waals surface area (Å²) in [5.74, 6) is 0.257. The Morgan fingerprint density at radius 3 is 2.80 bits per heavy atom. The molecule has 0 aromatic heterocycles. The number of hydrogen-bond acceptors (Lipinski definition) is 4. The van der Waals surface area contributed by atoms with Crippen molar-refractivity contribution in [3.05, 3.63) is 23.1 Å². The van der Waals surface area contributed by atoms with Crippen LogP contribution in [0.3, 0.4) is 0 Å². The van der Waals surface area contributed by atoms with Crippen LogP contribution in [0.2, 0.25) is 0 Å². The monoisotopic (exact) mass is 208 g/mol. The first-order valence-electron chi connectivity index (χ1n) is 4.55. The van der Waals surface area contributed by atoms with E-state index in [1.807, 2.05) is 6.92 Å². The lowest BCUT2D eigenvalue weighted by atomic mass is 10.2. The number of carbonyl (C=O) groups excluding carboxylic acids is 1. The van der Waals surface area contributed by atoms with Crippen LogP contribution in [0.4, 0.5) is 11.4 Å². The molecule has 5 heteroatoms. The fourth-order valence-corrected chi connectivity index (χ4v) is 1.14. The molecule has 0 heterocycles. The van der Waals surface area contributed by atoms with Crippen LogP contribution >= 0.6 is 0 Å². The van der Waals surface area contributed by atoms with Crippen LogP contribution in [-0.2, 0) is 4.79 Å². The standard InChI is InChI=1S/C10H12N2O3/c1-3-15-10-6-8(12-14)4-5-9(10)11-7(2)13/h4-6H,3H2,1-2H3,(H,11,13). The number of carbonyl (C=O) groups is 1. The minimum absolute atomic E-state index is 0.192. The van der Waals surface area contributed by atoms with Crippen molar-refractivity contribution in [2.75, 3.05) is 11.9 Å². The minimum Gasteiger partial charge on any atom is -0.492 e. The van der Waals surface area contributed by atoms with Crippen molar-refractivity contribution in [1.29, 1.82) is 0 Å². The summed E-state index contributed by atoms with van der Waals surface area (Å²) in [6.07, 6.45) is 0. The predicted molar refractivity (Wildman–Crippen MR) is 57.4 cm³/mol. The fraction of sp³-hybridized carbons (Fsp3) is 0.300. The van der Waals surface area contributed by atoms with E-state index in [9.17, 15) is 9.70 Å². The van der Waals surface area contributed by atoms with Crippen molar-refractivity contribution in [2.24, 2.45) is 5.18 Å². The van der Waals surface area contributed by atoms with Crippen molar-refractivity contribution < 1.29 is 9.53 Å². The number of rotatable bonds is 4. The molecule has 1 N–H and O–H groups in total. The molecule has 1 aromatic carbocycles. The molecule has 0 radical (unpaired) electrons. The van der Waals surface area contributed by atoms with Crippen LogP contribution in [0.15, 0.2) is 23.4 Å². The first-order chi connectivity index (χ1) is 7.17. The second-order valence-corrected chi connectivity index (χ2v) is 2.89. The zero-order valence-electron chi connectivity index (χ0n) is 8.61. The second kappa shape index (κ2) is 5.09. The molecule has 0 bridgehead atoms. The molecule has 0 saturated heterocycles. The molecular formula is C10H12N2O3. The molecule has 15 heavy (non-hydrogen) atoms. The van der Waals surface area contributed by atoms with Gasteiger partial charge in [-0.3, -0.25) is 4.79 Å². The number of benzene rings is 1. The van der Waals surface area contributed by atoms with Crippen molar-refractivity contribution in [1.82, 2.24) is 0 Å². The lowest BCUT2D eigenvalue weighted by Crippen LogP contribution is -2.07. The average Bonchev–Trinajstić information content (AvgIpc) is 2.20. The molecule has 1 amide bonds. The van der Waals surface area contributed by atoms with Gasteiger partial charge in [-0.05, 0) is 24.2 Å². The van der Waals surface area contributed by atoms with Gasteiger partial charge in [0.1, 0.15) is 11.4 Å². The third-order valence-electron chi connectivity index (χ3n) is 1.68. The van der Waals surface area contributed by atoms with Gasteiger partial charge < -0.3 is 10.1 Å². The Kier molecular flexibility index (Phi) is 3.79. The number of nitrogens with one attached hydrogen (secondary N) is 1. The Hall–Kier alpha value is -1.91. The molecule has 0 aliphatic heterocycles. The highest BCUT2D eigenvalue weighted by atomic mass is 16.5. The van der Waals surface area contributed by atoms with Gasteiger partial charge in [0.15, 0.2) is 0 Å². The van der Waals surface area contributed by atoms with Crippen molar-refractivity contribution in [2.45, 2.75) is 13.8 Å². The van der Waals surface area contributed by atoms with E-state index in [1.165, 1.54) is 19.1 Å². The highest BCUT2D eigenvalue weighted by Gasteiger charge is 2.06. The lowest BCUT2D eigenvalue weighted by Gasteiger charge is -2.10. The largest absolute Gasteiger partial charge is 0.492 e. The van der Waals surface area contributed by atoms with Crippen LogP contribution in [-0.4, -0.2) is 12.5 Å². The molecule has 0 fully saturated rings. The van der Waals surface area contributed by atoms with E-state index < -0.39 is 0 Å². The third kappa shape index (κ3) is 3.05. The summed E-state index contributed by atoms with van der Waals surface area (Å²) in [6.45, 7) is 3.68. The number of nitrogens with zero attached hydrogens (tertiary/aromatic N) is 1. The molecule has 1 aromatic rings. The number of amides is 1. The number of nitroso groups, excluding NO2 is 1. The number of anilines is 1. The van der Waals surface area contributed by atoms with Gasteiger partial charge in [-0.15, -0.1) is 4.91 Å². The lowest BCUT2D eigenvalue weighted by molar-refractivity contribution is -0.114. The van der Waals surface area contributed by atoms with Crippen LogP contribution in [0.5, 0.6) is 5.75 Å². The summed E-state index contributed by atoms with van der Waals surface area (Å²) in [5, 5.41) is 5.39. The normalized spacial score (nSPS) is 9.47. The van der Waals surface area contributed by atoms with E-state index in [4.69, 9.17) is 4.74 Å². The first kappa shape index (κ1) is 11.2. The Balaban J connectivity index is 3.02. The van der Waals surface area contributed by atoms with Crippen molar-refractivity contribution >= 4 is 17.3 Å². The summed E-state index contributed by atoms with van der Waals surface area (Å²) in [4.78, 5) is 21.2. The zero-order chi connectivity index (χ0) is 11.3. The Labute approximate surface area is 87.4 Å². The average molecular weight is 208 g/mol. The quantitative estimate of drug-likeness (QED) is 0.772. The number of ether oxygens (including phenoxy) is 1. The molecule has 5 nitrogen and oxygen atoms in total. The predicted octanol–water partition coefficient (Wildman–Crippen LogP) is 2.44. The summed E-state index contributed by atoms with van der Waals surface area (Å²) in [7, 11) is 0. The summed E-state index contributed by atoms with van der Waals surface area (Å²) in [6, 6.07) is 4.59. The molecule has 1 rings (SSSR count). The van der Waals surface area contributed by atoms with Gasteiger partial charge in [0.25, 0.3) is 0 Å². The molecule has 0 unspecified atom stereocenters. The van der Waals surface area contributed by atoms with E-state index in [0.29, 0.717) is 18.0 Å². The number of hydrogen-bond donors (Lipinski definition) is 1. The van der Waals surface area contributed by atoms with Crippen LogP contribution < -0.4 is 10.1 Å². The van der Waals surface area contributed by atoms with E-state index in [2.05, 4.69) is 10.5 Å². The second-order valence-electron chi connectivity index (χ2n) is 2.89. The van der Waals surface area contributed by atoms with Crippen LogP contribution in [0, 0.1) is 4.91 Å². The Bertz CT molecular complexity index is 377. The van der Waals surface area contributed by atoms with Crippen molar-refractivity contribution in [3.63, 3.8) is 0 Å². The van der Waals surface area contributed by atoms with Gasteiger partial charge in [0.05, 0.1) is 12.3 Å². The summed E-state index contributed by atoms with van der Waals surface area (Å²) < 4.78 is 5.27. The van der Waals surface area contributed by atoms with E-state index in [-0.39, 0.29) is 11.6 Å². The first-order valence-corrected chi connectivity index (χ1v) is 4.55. The SMILES string of the molecule is CCOc1cc(N=O)ccc1NC(C)=O. The molecule has 0 spiro atoms. The summed E-state index contributed by atoms with van der Waals surface area (Å²) in [5.41, 5.74) is 0.810. The maximum atomic E-state index is 10.9. The molecular weight excluding hydrogens is 196 g/mol. The van der Waals surface area contributed by atoms with Gasteiger partial charge >= 0.3 is 0 Å². The van der Waals surface area contributed by atoms with Crippen LogP contribution in [0.1, 0.15) is 13.8 Å². The third-order valence-corrected chi connectivity index (χ3v) is 1.68. The minimum atomic E-state index is -0.192. The summed E-state index contributed by atoms with van der Waals surface area (Å²) >= 11 is 0. The van der Waals surface area contributed by atoms with Gasteiger partial charge in [-0.2, -0.15) is 0 Å². The molecule has 0 atom stereocenters. The van der Waals surface area contributed by atoms with Crippen LogP contribution in [0.25, 0.3) is 0 Å². The van der Waals surface area contributed by atoms with E-state index >= 15 is 0 Å². The molecule has 0 saturated carbocycles. The highest BCUT2D eigenvalue weighted by Crippen LogP contribution is 2.29. The fourth-order valence-electron chi connectivity index (χ4n) is 1.14. The topological polar surface area (TPSA) is 67.8 Å². The van der Waals surface area contributed by atoms with Crippen molar-refractivity contribution in [3.8, 4) is 5.75 Å². The van der Waals surface area contributed by atoms with Gasteiger partial charge in [0.2, 0.25) is 5.91 Å². The molecule has 0 aliphatic carbocycles. The Morgan fingerprint density at radius 1 is 1.53 bits per heavy atom. The van der Waals surface area contributed by atoms with Gasteiger partial charge in [-0.25, -0.2) is 0 Å². The molecule has 0 aliphatic rings. The Morgan fingerprint density at radius 2 is 2.27 bits per heavy atom. The zero-order valence-corrected chi connectivity index (χ0v) is 8.61. The van der Waals surface area contributed by atoms with E-state index in [1.54, 1.807) is 6.07 Å². The van der Waals surface area contributed by atoms with Gasteiger partial charge in [-0.1, -0.05) is 0 Å². The maximum Gasteiger partial charge on any atom is 0.221 e.